The van der Waals surface area contributed by atoms with Crippen LogP contribution in [-0.4, -0.2) is 21.0 Å². The lowest BCUT2D eigenvalue weighted by molar-refractivity contribution is -0.211. The Kier molecular flexibility index (Phi) is 5.66. The van der Waals surface area contributed by atoms with Gasteiger partial charge in [0.25, 0.3) is 0 Å². The third kappa shape index (κ3) is 4.44. The molecule has 0 saturated heterocycles. The topological polar surface area (TPSA) is 116 Å². The molecule has 30 heavy (non-hydrogen) atoms. The monoisotopic (exact) mass is 400 g/mol. The highest BCUT2D eigenvalue weighted by atomic mass is 16.5. The highest BCUT2D eigenvalue weighted by molar-refractivity contribution is 5.98. The van der Waals surface area contributed by atoms with Crippen LogP contribution in [0.1, 0.15) is 27.3 Å². The van der Waals surface area contributed by atoms with Crippen molar-refractivity contribution in [3.05, 3.63) is 95.6 Å². The molecule has 3 heterocycles. The van der Waals surface area contributed by atoms with E-state index >= 15 is 0 Å². The van der Waals surface area contributed by atoms with E-state index in [1.54, 1.807) is 24.4 Å². The second-order valence-electron chi connectivity index (χ2n) is 6.47. The summed E-state index contributed by atoms with van der Waals surface area (Å²) >= 11 is 0. The lowest BCUT2D eigenvalue weighted by Gasteiger charge is -2.05. The maximum absolute atomic E-state index is 11.9. The summed E-state index contributed by atoms with van der Waals surface area (Å²) in [5.41, 5.74) is 8.56. The Morgan fingerprint density at radius 2 is 1.80 bits per heavy atom. The summed E-state index contributed by atoms with van der Waals surface area (Å²) in [5, 5.41) is 7.29. The normalized spacial score (nSPS) is 10.5. The highest BCUT2D eigenvalue weighted by Crippen LogP contribution is 2.24. The van der Waals surface area contributed by atoms with E-state index in [1.807, 2.05) is 42.5 Å². The smallest absolute Gasteiger partial charge is 0.357 e. The van der Waals surface area contributed by atoms with Crippen LogP contribution in [0.2, 0.25) is 0 Å². The van der Waals surface area contributed by atoms with E-state index in [0.29, 0.717) is 30.2 Å². The molecule has 8 nitrogen and oxygen atoms in total. The van der Waals surface area contributed by atoms with Gasteiger partial charge in [-0.05, 0) is 29.3 Å². The van der Waals surface area contributed by atoms with Crippen LogP contribution in [-0.2, 0) is 13.0 Å². The molecule has 0 unspecified atom stereocenters. The molecule has 148 valence electrons. The van der Waals surface area contributed by atoms with E-state index in [4.69, 9.17) is 14.8 Å². The molecule has 0 spiro atoms. The highest BCUT2D eigenvalue weighted by Gasteiger charge is 2.18. The average Bonchev–Trinajstić information content (AvgIpc) is 3.27. The summed E-state index contributed by atoms with van der Waals surface area (Å²) < 4.78 is 11.1. The minimum Gasteiger partial charge on any atom is -0.473 e. The Labute approximate surface area is 172 Å². The van der Waals surface area contributed by atoms with Crippen LogP contribution in [0.15, 0.2) is 82.7 Å². The van der Waals surface area contributed by atoms with Crippen LogP contribution in [0, 0.1) is 0 Å². The van der Waals surface area contributed by atoms with Crippen LogP contribution in [0.25, 0.3) is 11.3 Å². The van der Waals surface area contributed by atoms with E-state index < -0.39 is 5.91 Å². The molecule has 2 N–H and O–H groups in total. The maximum Gasteiger partial charge on any atom is 0.357 e. The van der Waals surface area contributed by atoms with Crippen LogP contribution in [0.5, 0.6) is 5.88 Å². The molecule has 0 aliphatic heterocycles. The molecule has 0 aliphatic rings. The fraction of sp³-hybridized carbons (Fsp3) is 0.0909. The molecule has 4 rings (SSSR count). The number of carbonyl (C=O) groups excluding carboxylic acids is 1. The number of aromatic nitrogens is 3. The third-order valence-corrected chi connectivity index (χ3v) is 4.38. The zero-order valence-electron chi connectivity index (χ0n) is 15.9. The summed E-state index contributed by atoms with van der Waals surface area (Å²) in [6.45, 7) is 0.440. The van der Waals surface area contributed by atoms with E-state index in [9.17, 15) is 4.79 Å². The van der Waals surface area contributed by atoms with Gasteiger partial charge in [0.15, 0.2) is 5.76 Å². The van der Waals surface area contributed by atoms with Gasteiger partial charge in [-0.15, -0.1) is 5.53 Å². The van der Waals surface area contributed by atoms with E-state index in [-0.39, 0.29) is 5.69 Å². The number of hydrogen-bond acceptors (Lipinski definition) is 6. The molecule has 0 atom stereocenters. The predicted octanol–water partition coefficient (Wildman–Crippen LogP) is 2.65. The lowest BCUT2D eigenvalue weighted by atomic mass is 10.1. The van der Waals surface area contributed by atoms with Gasteiger partial charge in [0, 0.05) is 36.1 Å². The Bertz CT molecular complexity index is 1160. The summed E-state index contributed by atoms with van der Waals surface area (Å²) in [6.07, 6.45) is 3.77. The van der Waals surface area contributed by atoms with Gasteiger partial charge in [-0.1, -0.05) is 35.5 Å². The van der Waals surface area contributed by atoms with Crippen LogP contribution in [0.3, 0.4) is 0 Å². The van der Waals surface area contributed by atoms with Crippen molar-refractivity contribution in [2.24, 2.45) is 5.11 Å². The van der Waals surface area contributed by atoms with E-state index in [1.165, 1.54) is 6.20 Å². The lowest BCUT2D eigenvalue weighted by Crippen LogP contribution is -2.27. The van der Waals surface area contributed by atoms with Gasteiger partial charge in [0.2, 0.25) is 5.88 Å². The van der Waals surface area contributed by atoms with Gasteiger partial charge in [-0.2, -0.15) is 0 Å². The molecule has 0 aliphatic carbocycles. The second-order valence-corrected chi connectivity index (χ2v) is 6.47. The Balaban J connectivity index is 1.43. The SMILES string of the molecule is [NH2+]=NC(=O)c1ncccc1-c1cc(Cc2ccc(COc3ccccn3)cc2)no1. The second kappa shape index (κ2) is 8.87. The third-order valence-electron chi connectivity index (χ3n) is 4.38. The minimum atomic E-state index is -0.618. The van der Waals surface area contributed by atoms with Crippen molar-refractivity contribution in [1.29, 1.82) is 0 Å². The molecule has 1 amide bonds. The number of benzene rings is 1. The van der Waals surface area contributed by atoms with Crippen molar-refractivity contribution in [2.75, 3.05) is 0 Å². The number of ether oxygens (including phenoxy) is 1. The van der Waals surface area contributed by atoms with Crippen molar-refractivity contribution in [1.82, 2.24) is 15.1 Å². The zero-order valence-corrected chi connectivity index (χ0v) is 15.9. The largest absolute Gasteiger partial charge is 0.473 e. The first kappa shape index (κ1) is 19.1. The van der Waals surface area contributed by atoms with Crippen molar-refractivity contribution >= 4 is 5.91 Å². The number of amides is 1. The van der Waals surface area contributed by atoms with Crippen molar-refractivity contribution < 1.29 is 19.6 Å². The number of rotatable bonds is 7. The van der Waals surface area contributed by atoms with Gasteiger partial charge in [0.1, 0.15) is 12.3 Å². The molecule has 4 aromatic rings. The van der Waals surface area contributed by atoms with Crippen LogP contribution < -0.4 is 10.3 Å². The van der Waals surface area contributed by atoms with Crippen LogP contribution in [0.4, 0.5) is 0 Å². The first-order valence-electron chi connectivity index (χ1n) is 9.21. The number of hydrogen-bond donors (Lipinski definition) is 1. The summed E-state index contributed by atoms with van der Waals surface area (Å²) in [5.74, 6) is 0.407. The number of nitrogens with zero attached hydrogens (tertiary/aromatic N) is 4. The molecule has 8 heteroatoms. The molecule has 1 aromatic carbocycles. The number of carbonyl (C=O) groups is 1. The first-order chi connectivity index (χ1) is 14.7. The Morgan fingerprint density at radius 1 is 1.00 bits per heavy atom. The van der Waals surface area contributed by atoms with Crippen LogP contribution >= 0.6 is 0 Å². The van der Waals surface area contributed by atoms with Crippen molar-refractivity contribution in [2.45, 2.75) is 13.0 Å². The van der Waals surface area contributed by atoms with Crippen molar-refractivity contribution in [3.63, 3.8) is 0 Å². The first-order valence-corrected chi connectivity index (χ1v) is 9.21. The van der Waals surface area contributed by atoms with E-state index in [0.717, 1.165) is 16.8 Å². The maximum atomic E-state index is 11.9. The number of nitrogens with two attached hydrogens (primary N) is 1. The zero-order chi connectivity index (χ0) is 20.8. The summed E-state index contributed by atoms with van der Waals surface area (Å²) in [7, 11) is 0. The Hall–Kier alpha value is -4.20. The van der Waals surface area contributed by atoms with Gasteiger partial charge < -0.3 is 9.26 Å². The standard InChI is InChI=1S/C22H17N5O3/c23-26-22(28)21-18(4-3-11-25-21)19-13-17(27-30-19)12-15-6-8-16(9-7-15)14-29-20-5-1-2-10-24-20/h1-11,13,23H,12,14H2/p+1. The van der Waals surface area contributed by atoms with Crippen molar-refractivity contribution in [3.8, 4) is 17.2 Å². The molecule has 0 radical (unpaired) electrons. The minimum absolute atomic E-state index is 0.125. The Morgan fingerprint density at radius 3 is 2.57 bits per heavy atom. The molecule has 0 bridgehead atoms. The molecule has 0 saturated carbocycles. The fourth-order valence-electron chi connectivity index (χ4n) is 2.91. The van der Waals surface area contributed by atoms with Gasteiger partial charge >= 0.3 is 5.91 Å². The fourth-order valence-corrected chi connectivity index (χ4v) is 2.91. The van der Waals surface area contributed by atoms with Gasteiger partial charge in [-0.3, -0.25) is 4.79 Å². The van der Waals surface area contributed by atoms with Gasteiger partial charge in [-0.25, -0.2) is 9.97 Å². The molecule has 0 fully saturated rings. The summed E-state index contributed by atoms with van der Waals surface area (Å²) in [4.78, 5) is 20.0. The average molecular weight is 400 g/mol. The molecular formula is C22H18N5O3+. The van der Waals surface area contributed by atoms with Gasteiger partial charge in [0.05, 0.1) is 11.3 Å². The predicted molar refractivity (Wildman–Crippen MR) is 106 cm³/mol. The quantitative estimate of drug-likeness (QED) is 0.477. The number of pyridine rings is 2. The molecular weight excluding hydrogens is 382 g/mol. The van der Waals surface area contributed by atoms with E-state index in [2.05, 4.69) is 20.2 Å². The molecule has 3 aromatic heterocycles. The summed E-state index contributed by atoms with van der Waals surface area (Å²) in [6, 6.07) is 18.8.